The van der Waals surface area contributed by atoms with E-state index < -0.39 is 45.7 Å². The molecule has 1 aromatic carbocycles. The molecule has 138 valence electrons. The highest BCUT2D eigenvalue weighted by molar-refractivity contribution is 6.00. The Morgan fingerprint density at radius 1 is 1.31 bits per heavy atom. The first-order valence-corrected chi connectivity index (χ1v) is 8.14. The molecule has 1 fully saturated rings. The summed E-state index contributed by atoms with van der Waals surface area (Å²) in [6.45, 7) is 2.22. The lowest BCUT2D eigenvalue weighted by Gasteiger charge is -2.23. The van der Waals surface area contributed by atoms with Crippen molar-refractivity contribution in [1.82, 2.24) is 15.2 Å². The molecule has 2 N–H and O–H groups in total. The number of rotatable bonds is 3. The quantitative estimate of drug-likeness (QED) is 0.806. The first-order chi connectivity index (χ1) is 12.3. The average Bonchev–Trinajstić information content (AvgIpc) is 2.62. The van der Waals surface area contributed by atoms with Gasteiger partial charge in [-0.15, -0.1) is 0 Å². The third-order valence-electron chi connectivity index (χ3n) is 4.37. The lowest BCUT2D eigenvalue weighted by molar-refractivity contribution is -0.124. The SMILES string of the molecule is CCn1cc(C(=O)N[C@H]2CCCNC2=O)c(=O)c2cc(F)c(F)c(F)c21. The third kappa shape index (κ3) is 2.93. The van der Waals surface area contributed by atoms with Gasteiger partial charge in [-0.2, -0.15) is 0 Å². The van der Waals surface area contributed by atoms with Crippen molar-refractivity contribution in [3.8, 4) is 0 Å². The van der Waals surface area contributed by atoms with E-state index in [1.165, 1.54) is 0 Å². The molecule has 1 aliphatic rings. The normalized spacial score (nSPS) is 17.2. The molecule has 1 aromatic heterocycles. The van der Waals surface area contributed by atoms with Crippen molar-refractivity contribution in [2.24, 2.45) is 0 Å². The number of hydrogen-bond donors (Lipinski definition) is 2. The molecular formula is C17H16F3N3O3. The van der Waals surface area contributed by atoms with Crippen LogP contribution in [0.2, 0.25) is 0 Å². The summed E-state index contributed by atoms with van der Waals surface area (Å²) in [4.78, 5) is 36.8. The van der Waals surface area contributed by atoms with Crippen LogP contribution in [0.25, 0.3) is 10.9 Å². The highest BCUT2D eigenvalue weighted by Crippen LogP contribution is 2.22. The maximum absolute atomic E-state index is 14.1. The Morgan fingerprint density at radius 3 is 2.69 bits per heavy atom. The largest absolute Gasteiger partial charge is 0.354 e. The molecule has 1 atom stereocenters. The Bertz CT molecular complexity index is 971. The molecule has 2 heterocycles. The average molecular weight is 367 g/mol. The number of carbonyl (C=O) groups is 2. The van der Waals surface area contributed by atoms with E-state index in [-0.39, 0.29) is 18.0 Å². The minimum Gasteiger partial charge on any atom is -0.354 e. The van der Waals surface area contributed by atoms with Crippen LogP contribution in [-0.4, -0.2) is 29.0 Å². The second-order valence-electron chi connectivity index (χ2n) is 6.00. The molecule has 0 spiro atoms. The number of fused-ring (bicyclic) bond motifs is 1. The zero-order valence-electron chi connectivity index (χ0n) is 13.9. The number of pyridine rings is 1. The molecule has 0 bridgehead atoms. The zero-order valence-corrected chi connectivity index (χ0v) is 13.9. The van der Waals surface area contributed by atoms with Gasteiger partial charge in [0.25, 0.3) is 5.91 Å². The fourth-order valence-corrected chi connectivity index (χ4v) is 3.02. The Hall–Kier alpha value is -2.84. The van der Waals surface area contributed by atoms with Gasteiger partial charge in [-0.1, -0.05) is 0 Å². The molecule has 2 amide bonds. The molecule has 1 aliphatic heterocycles. The van der Waals surface area contributed by atoms with E-state index in [1.807, 2.05) is 0 Å². The van der Waals surface area contributed by atoms with Gasteiger partial charge in [0.05, 0.1) is 10.9 Å². The number of benzene rings is 1. The van der Waals surface area contributed by atoms with Crippen LogP contribution in [0.15, 0.2) is 17.1 Å². The van der Waals surface area contributed by atoms with Gasteiger partial charge in [-0.3, -0.25) is 14.4 Å². The monoisotopic (exact) mass is 367 g/mol. The highest BCUT2D eigenvalue weighted by Gasteiger charge is 2.27. The standard InChI is InChI=1S/C17H16F3N3O3/c1-2-23-7-9(16(25)22-11-4-3-5-21-17(11)26)15(24)8-6-10(18)12(19)13(20)14(8)23/h6-7,11H,2-5H2,1H3,(H,21,26)(H,22,25)/t11-/m0/s1. The lowest BCUT2D eigenvalue weighted by atomic mass is 10.1. The van der Waals surface area contributed by atoms with Crippen molar-refractivity contribution in [3.63, 3.8) is 0 Å². The number of amides is 2. The Balaban J connectivity index is 2.10. The summed E-state index contributed by atoms with van der Waals surface area (Å²) < 4.78 is 42.4. The minimum atomic E-state index is -1.69. The second kappa shape index (κ2) is 6.81. The predicted octanol–water partition coefficient (Wildman–Crippen LogP) is 1.45. The number of aromatic nitrogens is 1. The number of nitrogens with one attached hydrogen (secondary N) is 2. The highest BCUT2D eigenvalue weighted by atomic mass is 19.2. The number of hydrogen-bond acceptors (Lipinski definition) is 3. The van der Waals surface area contributed by atoms with Gasteiger partial charge in [0, 0.05) is 19.3 Å². The summed E-state index contributed by atoms with van der Waals surface area (Å²) in [5.41, 5.74) is -1.72. The van der Waals surface area contributed by atoms with Crippen LogP contribution in [0, 0.1) is 17.5 Å². The third-order valence-corrected chi connectivity index (χ3v) is 4.37. The molecule has 1 saturated heterocycles. The van der Waals surface area contributed by atoms with Gasteiger partial charge in [0.1, 0.15) is 11.6 Å². The smallest absolute Gasteiger partial charge is 0.257 e. The van der Waals surface area contributed by atoms with Crippen LogP contribution in [0.4, 0.5) is 13.2 Å². The fourth-order valence-electron chi connectivity index (χ4n) is 3.02. The first kappa shape index (κ1) is 18.0. The second-order valence-corrected chi connectivity index (χ2v) is 6.00. The Morgan fingerprint density at radius 2 is 2.04 bits per heavy atom. The molecule has 0 radical (unpaired) electrons. The Labute approximate surface area is 146 Å². The molecular weight excluding hydrogens is 351 g/mol. The number of nitrogens with zero attached hydrogens (tertiary/aromatic N) is 1. The van der Waals surface area contributed by atoms with Crippen LogP contribution in [-0.2, 0) is 11.3 Å². The maximum Gasteiger partial charge on any atom is 0.257 e. The molecule has 3 rings (SSSR count). The van der Waals surface area contributed by atoms with Crippen LogP contribution >= 0.6 is 0 Å². The summed E-state index contributed by atoms with van der Waals surface area (Å²) >= 11 is 0. The van der Waals surface area contributed by atoms with E-state index in [1.54, 1.807) is 6.92 Å². The summed E-state index contributed by atoms with van der Waals surface area (Å²) in [6.07, 6.45) is 2.17. The van der Waals surface area contributed by atoms with E-state index >= 15 is 0 Å². The zero-order chi connectivity index (χ0) is 19.0. The van der Waals surface area contributed by atoms with E-state index in [2.05, 4.69) is 10.6 Å². The van der Waals surface area contributed by atoms with Gasteiger partial charge in [-0.25, -0.2) is 13.2 Å². The molecule has 0 saturated carbocycles. The molecule has 0 aliphatic carbocycles. The van der Waals surface area contributed by atoms with E-state index in [9.17, 15) is 27.6 Å². The van der Waals surface area contributed by atoms with Gasteiger partial charge in [0.15, 0.2) is 17.5 Å². The van der Waals surface area contributed by atoms with Crippen molar-refractivity contribution >= 4 is 22.7 Å². The van der Waals surface area contributed by atoms with Crippen LogP contribution in [0.5, 0.6) is 0 Å². The molecule has 26 heavy (non-hydrogen) atoms. The van der Waals surface area contributed by atoms with Crippen molar-refractivity contribution in [2.45, 2.75) is 32.4 Å². The van der Waals surface area contributed by atoms with Gasteiger partial charge >= 0.3 is 0 Å². The van der Waals surface area contributed by atoms with Crippen molar-refractivity contribution < 1.29 is 22.8 Å². The van der Waals surface area contributed by atoms with E-state index in [0.29, 0.717) is 25.5 Å². The summed E-state index contributed by atoms with van der Waals surface area (Å²) in [5.74, 6) is -5.88. The predicted molar refractivity (Wildman–Crippen MR) is 87.3 cm³/mol. The van der Waals surface area contributed by atoms with Crippen molar-refractivity contribution in [1.29, 1.82) is 0 Å². The minimum absolute atomic E-state index is 0.114. The molecule has 0 unspecified atom stereocenters. The molecule has 9 heteroatoms. The topological polar surface area (TPSA) is 80.2 Å². The molecule has 6 nitrogen and oxygen atoms in total. The fraction of sp³-hybridized carbons (Fsp3) is 0.353. The number of carbonyl (C=O) groups excluding carboxylic acids is 2. The Kier molecular flexibility index (Phi) is 4.71. The van der Waals surface area contributed by atoms with Crippen molar-refractivity contribution in [3.05, 3.63) is 45.5 Å². The van der Waals surface area contributed by atoms with Crippen LogP contribution < -0.4 is 16.1 Å². The van der Waals surface area contributed by atoms with Gasteiger partial charge < -0.3 is 15.2 Å². The van der Waals surface area contributed by atoms with E-state index in [4.69, 9.17) is 0 Å². The summed E-state index contributed by atoms with van der Waals surface area (Å²) in [5, 5.41) is 4.61. The lowest BCUT2D eigenvalue weighted by Crippen LogP contribution is -2.50. The first-order valence-electron chi connectivity index (χ1n) is 8.14. The number of piperidine rings is 1. The number of aryl methyl sites for hydroxylation is 1. The van der Waals surface area contributed by atoms with Gasteiger partial charge in [-0.05, 0) is 25.8 Å². The maximum atomic E-state index is 14.1. The van der Waals surface area contributed by atoms with Crippen LogP contribution in [0.3, 0.4) is 0 Å². The van der Waals surface area contributed by atoms with Crippen molar-refractivity contribution in [2.75, 3.05) is 6.54 Å². The number of halogens is 3. The molecule has 2 aromatic rings. The summed E-state index contributed by atoms with van der Waals surface area (Å²) in [6, 6.07) is -0.213. The summed E-state index contributed by atoms with van der Waals surface area (Å²) in [7, 11) is 0. The van der Waals surface area contributed by atoms with E-state index in [0.717, 1.165) is 10.8 Å². The van der Waals surface area contributed by atoms with Gasteiger partial charge in [0.2, 0.25) is 11.3 Å². The van der Waals surface area contributed by atoms with Crippen LogP contribution in [0.1, 0.15) is 30.1 Å².